The molecule has 0 aromatic carbocycles. The summed E-state index contributed by atoms with van der Waals surface area (Å²) in [5.74, 6) is 0.204. The molecule has 3 nitrogen and oxygen atoms in total. The van der Waals surface area contributed by atoms with Crippen molar-refractivity contribution in [2.45, 2.75) is 26.4 Å². The fraction of sp³-hybridized carbons (Fsp3) is 0.875. The minimum Gasteiger partial charge on any atom is -0.392 e. The van der Waals surface area contributed by atoms with Crippen LogP contribution in [0.1, 0.15) is 20.3 Å². The van der Waals surface area contributed by atoms with E-state index in [-0.39, 0.29) is 12.0 Å². The van der Waals surface area contributed by atoms with Crippen LogP contribution in [0.2, 0.25) is 0 Å². The lowest BCUT2D eigenvalue weighted by molar-refractivity contribution is -0.110. The van der Waals surface area contributed by atoms with Gasteiger partial charge in [-0.3, -0.25) is 0 Å². The summed E-state index contributed by atoms with van der Waals surface area (Å²) in [4.78, 5) is 9.50. The minimum absolute atomic E-state index is 0.0648. The molecular formula is C8H17NO2. The largest absolute Gasteiger partial charge is 0.392 e. The van der Waals surface area contributed by atoms with Crippen LogP contribution in [0.4, 0.5) is 0 Å². The minimum atomic E-state index is -0.0648. The van der Waals surface area contributed by atoms with Crippen molar-refractivity contribution in [3.63, 3.8) is 0 Å². The summed E-state index contributed by atoms with van der Waals surface area (Å²) in [7, 11) is 0. The Morgan fingerprint density at radius 2 is 2.18 bits per heavy atom. The van der Waals surface area contributed by atoms with Gasteiger partial charge in [-0.15, -0.1) is 0 Å². The number of hydrogen-bond donors (Lipinski definition) is 2. The van der Waals surface area contributed by atoms with Gasteiger partial charge in [-0.2, -0.15) is 0 Å². The molecule has 2 N–H and O–H groups in total. The molecule has 0 amide bonds. The van der Waals surface area contributed by atoms with Crippen LogP contribution in [0.15, 0.2) is 0 Å². The predicted octanol–water partition coefficient (Wildman–Crippen LogP) is 0.182. The lowest BCUT2D eigenvalue weighted by Gasteiger charge is -1.90. The van der Waals surface area contributed by atoms with Crippen molar-refractivity contribution in [3.05, 3.63) is 0 Å². The summed E-state index contributed by atoms with van der Waals surface area (Å²) in [5, 5.41) is 11.7. The third-order valence-electron chi connectivity index (χ3n) is 1.31. The van der Waals surface area contributed by atoms with E-state index in [9.17, 15) is 4.79 Å². The SMILES string of the molecule is CC(C)C=O.OC1CCNC1. The van der Waals surface area contributed by atoms with Crippen molar-refractivity contribution in [1.82, 2.24) is 5.32 Å². The molecule has 1 fully saturated rings. The number of aliphatic hydroxyl groups is 1. The van der Waals surface area contributed by atoms with Crippen molar-refractivity contribution < 1.29 is 9.90 Å². The van der Waals surface area contributed by atoms with E-state index < -0.39 is 0 Å². The van der Waals surface area contributed by atoms with Crippen LogP contribution in [0.3, 0.4) is 0 Å². The maximum atomic E-state index is 9.50. The fourth-order valence-electron chi connectivity index (χ4n) is 0.639. The molecule has 0 aromatic heterocycles. The first-order valence-electron chi connectivity index (χ1n) is 4.01. The van der Waals surface area contributed by atoms with E-state index in [4.69, 9.17) is 5.11 Å². The van der Waals surface area contributed by atoms with Crippen LogP contribution in [0.5, 0.6) is 0 Å². The summed E-state index contributed by atoms with van der Waals surface area (Å²) in [6, 6.07) is 0. The summed E-state index contributed by atoms with van der Waals surface area (Å²) < 4.78 is 0. The molecule has 0 aliphatic carbocycles. The zero-order valence-corrected chi connectivity index (χ0v) is 7.21. The molecule has 0 radical (unpaired) electrons. The average Bonchev–Trinajstić information content (AvgIpc) is 2.41. The lowest BCUT2D eigenvalue weighted by Crippen LogP contribution is -2.11. The molecule has 66 valence electrons. The molecule has 3 heteroatoms. The molecule has 0 aromatic rings. The summed E-state index contributed by atoms with van der Waals surface area (Å²) in [5.41, 5.74) is 0. The molecule has 0 spiro atoms. The molecule has 0 bridgehead atoms. The van der Waals surface area contributed by atoms with Crippen molar-refractivity contribution in [2.24, 2.45) is 5.92 Å². The quantitative estimate of drug-likeness (QED) is 0.537. The van der Waals surface area contributed by atoms with Gasteiger partial charge in [0.1, 0.15) is 6.29 Å². The van der Waals surface area contributed by atoms with E-state index in [0.717, 1.165) is 25.8 Å². The Bertz CT molecular complexity index is 98.3. The Balaban J connectivity index is 0.000000187. The van der Waals surface area contributed by atoms with Gasteiger partial charge in [0.25, 0.3) is 0 Å². The highest BCUT2D eigenvalue weighted by atomic mass is 16.3. The van der Waals surface area contributed by atoms with Gasteiger partial charge in [0.15, 0.2) is 0 Å². The molecule has 1 aliphatic rings. The van der Waals surface area contributed by atoms with E-state index in [0.29, 0.717) is 0 Å². The van der Waals surface area contributed by atoms with Gasteiger partial charge < -0.3 is 15.2 Å². The molecule has 1 unspecified atom stereocenters. The van der Waals surface area contributed by atoms with Crippen LogP contribution in [-0.4, -0.2) is 30.6 Å². The molecule has 0 saturated carbocycles. The molecular weight excluding hydrogens is 142 g/mol. The van der Waals surface area contributed by atoms with Crippen molar-refractivity contribution in [1.29, 1.82) is 0 Å². The van der Waals surface area contributed by atoms with E-state index >= 15 is 0 Å². The second kappa shape index (κ2) is 6.31. The van der Waals surface area contributed by atoms with Gasteiger partial charge in [0.2, 0.25) is 0 Å². The number of carbonyl (C=O) groups is 1. The lowest BCUT2D eigenvalue weighted by atomic mass is 10.3. The van der Waals surface area contributed by atoms with Gasteiger partial charge >= 0.3 is 0 Å². The first kappa shape index (κ1) is 10.6. The Hall–Kier alpha value is -0.410. The second-order valence-electron chi connectivity index (χ2n) is 3.03. The van der Waals surface area contributed by atoms with Gasteiger partial charge in [0, 0.05) is 12.5 Å². The van der Waals surface area contributed by atoms with Crippen molar-refractivity contribution in [3.8, 4) is 0 Å². The van der Waals surface area contributed by atoms with Crippen LogP contribution >= 0.6 is 0 Å². The topological polar surface area (TPSA) is 49.3 Å². The first-order valence-corrected chi connectivity index (χ1v) is 4.01. The Morgan fingerprint density at radius 1 is 1.64 bits per heavy atom. The highest BCUT2D eigenvalue weighted by molar-refractivity contribution is 5.51. The van der Waals surface area contributed by atoms with E-state index in [1.165, 1.54) is 0 Å². The predicted molar refractivity (Wildman–Crippen MR) is 44.4 cm³/mol. The van der Waals surface area contributed by atoms with Gasteiger partial charge in [-0.05, 0) is 13.0 Å². The highest BCUT2D eigenvalue weighted by Crippen LogP contribution is 1.93. The standard InChI is InChI=1S/C4H9NO.C4H8O/c6-4-1-2-5-3-4;1-4(2)3-5/h4-6H,1-3H2;3-4H,1-2H3. The maximum Gasteiger partial charge on any atom is 0.122 e. The van der Waals surface area contributed by atoms with Crippen molar-refractivity contribution >= 4 is 6.29 Å². The number of carbonyl (C=O) groups excluding carboxylic acids is 1. The normalized spacial score (nSPS) is 22.7. The number of aliphatic hydroxyl groups excluding tert-OH is 1. The number of hydrogen-bond acceptors (Lipinski definition) is 3. The third kappa shape index (κ3) is 7.49. The summed E-state index contributed by atoms with van der Waals surface area (Å²) in [6.07, 6.45) is 1.78. The number of nitrogens with one attached hydrogen (secondary N) is 1. The van der Waals surface area contributed by atoms with Crippen LogP contribution < -0.4 is 5.32 Å². The molecule has 1 heterocycles. The van der Waals surface area contributed by atoms with Crippen molar-refractivity contribution in [2.75, 3.05) is 13.1 Å². The Morgan fingerprint density at radius 3 is 2.27 bits per heavy atom. The van der Waals surface area contributed by atoms with Gasteiger partial charge in [0.05, 0.1) is 6.10 Å². The van der Waals surface area contributed by atoms with Crippen LogP contribution in [0, 0.1) is 5.92 Å². The zero-order valence-electron chi connectivity index (χ0n) is 7.21. The van der Waals surface area contributed by atoms with Crippen LogP contribution in [-0.2, 0) is 4.79 Å². The first-order chi connectivity index (χ1) is 5.16. The van der Waals surface area contributed by atoms with Gasteiger partial charge in [-0.1, -0.05) is 13.8 Å². The second-order valence-corrected chi connectivity index (χ2v) is 3.03. The number of rotatable bonds is 1. The summed E-state index contributed by atoms with van der Waals surface area (Å²) in [6.45, 7) is 5.49. The Labute approximate surface area is 67.8 Å². The van der Waals surface area contributed by atoms with Crippen LogP contribution in [0.25, 0.3) is 0 Å². The smallest absolute Gasteiger partial charge is 0.122 e. The maximum absolute atomic E-state index is 9.50. The van der Waals surface area contributed by atoms with E-state index in [1.807, 2.05) is 13.8 Å². The highest BCUT2D eigenvalue weighted by Gasteiger charge is 2.08. The van der Waals surface area contributed by atoms with E-state index in [1.54, 1.807) is 0 Å². The molecule has 11 heavy (non-hydrogen) atoms. The van der Waals surface area contributed by atoms with E-state index in [2.05, 4.69) is 5.32 Å². The monoisotopic (exact) mass is 159 g/mol. The molecule has 1 rings (SSSR count). The molecule has 1 saturated heterocycles. The average molecular weight is 159 g/mol. The number of aldehydes is 1. The van der Waals surface area contributed by atoms with Gasteiger partial charge in [-0.25, -0.2) is 0 Å². The third-order valence-corrected chi connectivity index (χ3v) is 1.31. The molecule has 1 aliphatic heterocycles. The number of β-amino-alcohol motifs (C(OH)–C–C–N with tert-alkyl or cyclic N) is 1. The molecule has 1 atom stereocenters. The fourth-order valence-corrected chi connectivity index (χ4v) is 0.639. The zero-order chi connectivity index (χ0) is 8.69. The Kier molecular flexibility index (Phi) is 6.07. The summed E-state index contributed by atoms with van der Waals surface area (Å²) >= 11 is 0.